The second kappa shape index (κ2) is 9.17. The van der Waals surface area contributed by atoms with Crippen LogP contribution in [-0.4, -0.2) is 47.0 Å². The molecule has 158 valence electrons. The van der Waals surface area contributed by atoms with Crippen molar-refractivity contribution in [2.75, 3.05) is 30.4 Å². The fourth-order valence-electron chi connectivity index (χ4n) is 4.05. The van der Waals surface area contributed by atoms with Crippen molar-refractivity contribution in [1.82, 2.24) is 9.97 Å². The monoisotopic (exact) mass is 427 g/mol. The molecular weight excluding hydrogens is 402 g/mol. The maximum absolute atomic E-state index is 9.74. The third kappa shape index (κ3) is 4.84. The van der Waals surface area contributed by atoms with Crippen LogP contribution in [-0.2, 0) is 4.74 Å². The summed E-state index contributed by atoms with van der Waals surface area (Å²) < 4.78 is 5.40. The van der Waals surface area contributed by atoms with E-state index in [1.807, 2.05) is 24.3 Å². The first-order valence-corrected chi connectivity index (χ1v) is 10.8. The molecule has 0 bridgehead atoms. The summed E-state index contributed by atoms with van der Waals surface area (Å²) in [6.07, 6.45) is 5.27. The van der Waals surface area contributed by atoms with E-state index in [1.54, 1.807) is 6.20 Å². The van der Waals surface area contributed by atoms with Crippen molar-refractivity contribution in [3.63, 3.8) is 0 Å². The lowest BCUT2D eigenvalue weighted by molar-refractivity contribution is 0.0455. The molecule has 0 amide bonds. The number of halogens is 1. The number of rotatable bonds is 6. The Morgan fingerprint density at radius 1 is 1.27 bits per heavy atom. The fourth-order valence-corrected chi connectivity index (χ4v) is 4.25. The van der Waals surface area contributed by atoms with Gasteiger partial charge in [0, 0.05) is 37.6 Å². The first kappa shape index (κ1) is 20.9. The highest BCUT2D eigenvalue weighted by Gasteiger charge is 2.32. The van der Waals surface area contributed by atoms with Gasteiger partial charge in [0.2, 0.25) is 0 Å². The van der Waals surface area contributed by atoms with Gasteiger partial charge < -0.3 is 20.5 Å². The predicted molar refractivity (Wildman–Crippen MR) is 116 cm³/mol. The average molecular weight is 428 g/mol. The van der Waals surface area contributed by atoms with E-state index in [4.69, 9.17) is 21.3 Å². The molecule has 0 aromatic carbocycles. The molecule has 0 spiro atoms. The van der Waals surface area contributed by atoms with Gasteiger partial charge in [-0.05, 0) is 50.3 Å². The standard InChI is InChI=1S/C22H26ClN5O2/c23-18-12-25-21(27-15-4-5-16(29)10-15)11-17(18)19-2-1-3-20(28-19)26-14-22(13-24)6-8-30-9-7-22/h1-3,11-12,15-16,29H,4-10,14H2,(H,25,27)(H,26,28)/t15-,16+/m0/s1. The molecule has 1 saturated carbocycles. The van der Waals surface area contributed by atoms with E-state index in [2.05, 4.69) is 21.7 Å². The molecule has 3 heterocycles. The number of ether oxygens (including phenoxy) is 1. The highest BCUT2D eigenvalue weighted by molar-refractivity contribution is 6.33. The van der Waals surface area contributed by atoms with Crippen LogP contribution in [0.15, 0.2) is 30.5 Å². The van der Waals surface area contributed by atoms with Crippen LogP contribution in [0.1, 0.15) is 32.1 Å². The fraction of sp³-hybridized carbons (Fsp3) is 0.500. The summed E-state index contributed by atoms with van der Waals surface area (Å²) in [6.45, 7) is 1.76. The topological polar surface area (TPSA) is 103 Å². The molecule has 1 aliphatic carbocycles. The Kier molecular flexibility index (Phi) is 6.38. The zero-order valence-corrected chi connectivity index (χ0v) is 17.5. The van der Waals surface area contributed by atoms with E-state index in [9.17, 15) is 10.4 Å². The summed E-state index contributed by atoms with van der Waals surface area (Å²) in [7, 11) is 0. The summed E-state index contributed by atoms with van der Waals surface area (Å²) in [5.74, 6) is 1.43. The second-order valence-corrected chi connectivity index (χ2v) is 8.53. The molecule has 2 aromatic heterocycles. The number of aliphatic hydroxyl groups is 1. The van der Waals surface area contributed by atoms with Gasteiger partial charge in [-0.3, -0.25) is 0 Å². The summed E-state index contributed by atoms with van der Waals surface area (Å²) in [5.41, 5.74) is 1.10. The Hall–Kier alpha value is -2.40. The number of anilines is 2. The largest absolute Gasteiger partial charge is 0.393 e. The van der Waals surface area contributed by atoms with Crippen molar-refractivity contribution < 1.29 is 9.84 Å². The molecule has 7 nitrogen and oxygen atoms in total. The van der Waals surface area contributed by atoms with Crippen LogP contribution < -0.4 is 10.6 Å². The van der Waals surface area contributed by atoms with Crippen LogP contribution in [0.3, 0.4) is 0 Å². The molecule has 30 heavy (non-hydrogen) atoms. The van der Waals surface area contributed by atoms with Crippen LogP contribution in [0.4, 0.5) is 11.6 Å². The highest BCUT2D eigenvalue weighted by atomic mass is 35.5. The number of nitrogens with one attached hydrogen (secondary N) is 2. The zero-order valence-electron chi connectivity index (χ0n) is 16.8. The van der Waals surface area contributed by atoms with Crippen LogP contribution in [0.25, 0.3) is 11.3 Å². The minimum Gasteiger partial charge on any atom is -0.393 e. The van der Waals surface area contributed by atoms with Crippen molar-refractivity contribution in [1.29, 1.82) is 5.26 Å². The predicted octanol–water partition coefficient (Wildman–Crippen LogP) is 3.85. The smallest absolute Gasteiger partial charge is 0.126 e. The maximum Gasteiger partial charge on any atom is 0.126 e. The summed E-state index contributed by atoms with van der Waals surface area (Å²) in [6, 6.07) is 10.3. The number of nitriles is 1. The van der Waals surface area contributed by atoms with Gasteiger partial charge in [0.15, 0.2) is 0 Å². The normalized spacial score (nSPS) is 23.0. The Balaban J connectivity index is 1.49. The summed E-state index contributed by atoms with van der Waals surface area (Å²) in [5, 5.41) is 26.6. The first-order valence-electron chi connectivity index (χ1n) is 10.4. The number of pyridine rings is 2. The van der Waals surface area contributed by atoms with Gasteiger partial charge in [0.1, 0.15) is 11.6 Å². The molecule has 1 aliphatic heterocycles. The minimum atomic E-state index is -0.423. The van der Waals surface area contributed by atoms with Crippen molar-refractivity contribution >= 4 is 23.2 Å². The lowest BCUT2D eigenvalue weighted by atomic mass is 9.82. The van der Waals surface area contributed by atoms with Crippen molar-refractivity contribution in [2.24, 2.45) is 5.41 Å². The number of nitrogens with zero attached hydrogens (tertiary/aromatic N) is 3. The molecule has 4 rings (SSSR count). The average Bonchev–Trinajstić information content (AvgIpc) is 3.19. The van der Waals surface area contributed by atoms with E-state index < -0.39 is 5.41 Å². The zero-order chi connectivity index (χ0) is 21.0. The van der Waals surface area contributed by atoms with Crippen LogP contribution in [0.2, 0.25) is 5.02 Å². The number of aliphatic hydroxyl groups excluding tert-OH is 1. The van der Waals surface area contributed by atoms with Gasteiger partial charge >= 0.3 is 0 Å². The number of aromatic nitrogens is 2. The van der Waals surface area contributed by atoms with E-state index in [1.165, 1.54) is 0 Å². The maximum atomic E-state index is 9.74. The summed E-state index contributed by atoms with van der Waals surface area (Å²) >= 11 is 6.42. The van der Waals surface area contributed by atoms with Gasteiger partial charge in [-0.2, -0.15) is 5.26 Å². The summed E-state index contributed by atoms with van der Waals surface area (Å²) in [4.78, 5) is 9.08. The van der Waals surface area contributed by atoms with Crippen molar-refractivity contribution in [3.05, 3.63) is 35.5 Å². The third-order valence-corrected chi connectivity index (χ3v) is 6.23. The highest BCUT2D eigenvalue weighted by Crippen LogP contribution is 2.32. The molecule has 2 aromatic rings. The van der Waals surface area contributed by atoms with Crippen LogP contribution >= 0.6 is 11.6 Å². The number of hydrogen-bond donors (Lipinski definition) is 3. The molecule has 2 atom stereocenters. The van der Waals surface area contributed by atoms with E-state index >= 15 is 0 Å². The van der Waals surface area contributed by atoms with E-state index in [-0.39, 0.29) is 12.1 Å². The van der Waals surface area contributed by atoms with Gasteiger partial charge in [-0.25, -0.2) is 9.97 Å². The van der Waals surface area contributed by atoms with Gasteiger partial charge in [0.25, 0.3) is 0 Å². The molecule has 1 saturated heterocycles. The Bertz CT molecular complexity index is 926. The molecule has 2 aliphatic rings. The minimum absolute atomic E-state index is 0.212. The Morgan fingerprint density at radius 2 is 2.10 bits per heavy atom. The lowest BCUT2D eigenvalue weighted by Gasteiger charge is -2.30. The molecule has 0 radical (unpaired) electrons. The number of hydrogen-bond acceptors (Lipinski definition) is 7. The third-order valence-electron chi connectivity index (χ3n) is 5.93. The molecule has 8 heteroatoms. The van der Waals surface area contributed by atoms with E-state index in [0.29, 0.717) is 30.6 Å². The van der Waals surface area contributed by atoms with Gasteiger partial charge in [-0.1, -0.05) is 17.7 Å². The molecule has 2 fully saturated rings. The second-order valence-electron chi connectivity index (χ2n) is 8.12. The molecule has 3 N–H and O–H groups in total. The molecular formula is C22H26ClN5O2. The Morgan fingerprint density at radius 3 is 2.83 bits per heavy atom. The lowest BCUT2D eigenvalue weighted by Crippen LogP contribution is -2.34. The van der Waals surface area contributed by atoms with E-state index in [0.717, 1.165) is 49.2 Å². The van der Waals surface area contributed by atoms with Gasteiger partial charge in [-0.15, -0.1) is 0 Å². The first-order chi connectivity index (χ1) is 14.6. The SMILES string of the molecule is N#CC1(CNc2cccc(-c3cc(N[C@H]4CC[C@@H](O)C4)ncc3Cl)n2)CCOCC1. The van der Waals surface area contributed by atoms with Crippen molar-refractivity contribution in [3.8, 4) is 17.3 Å². The molecule has 0 unspecified atom stereocenters. The van der Waals surface area contributed by atoms with Crippen LogP contribution in [0, 0.1) is 16.7 Å². The van der Waals surface area contributed by atoms with Gasteiger partial charge in [0.05, 0.1) is 28.3 Å². The van der Waals surface area contributed by atoms with Crippen LogP contribution in [0.5, 0.6) is 0 Å². The quantitative estimate of drug-likeness (QED) is 0.643. The Labute approximate surface area is 181 Å². The van der Waals surface area contributed by atoms with Crippen molar-refractivity contribution in [2.45, 2.75) is 44.2 Å².